The van der Waals surface area contributed by atoms with Crippen LogP contribution in [-0.4, -0.2) is 60.3 Å². The molecule has 1 fully saturated rings. The summed E-state index contributed by atoms with van der Waals surface area (Å²) >= 11 is 1.12. The fraction of sp³-hybridized carbons (Fsp3) is 0.389. The number of carbonyl (C=O) groups is 3. The van der Waals surface area contributed by atoms with Crippen LogP contribution in [0.4, 0.5) is 0 Å². The zero-order chi connectivity index (χ0) is 21.2. The molecule has 3 N–H and O–H groups in total. The van der Waals surface area contributed by atoms with E-state index >= 15 is 0 Å². The van der Waals surface area contributed by atoms with Crippen LogP contribution in [0.5, 0.6) is 11.5 Å². The number of benzene rings is 1. The normalized spacial score (nSPS) is 17.4. The summed E-state index contributed by atoms with van der Waals surface area (Å²) < 4.78 is 10.4. The molecule has 0 spiro atoms. The standard InChI is InChI=1S/C18H22N4O6S/c1-27-12-6-5-11(8-13(12)28-2)10-20-22-18-21-17(26)14(29-18)9-15(23)19-7-3-4-16(24)25/h5-6,8,10,14H,3-4,7,9H2,1-2H3,(H,19,23)(H,24,25)(H,21,22,26). The minimum Gasteiger partial charge on any atom is -0.493 e. The van der Waals surface area contributed by atoms with E-state index in [0.717, 1.165) is 17.3 Å². The van der Waals surface area contributed by atoms with Crippen molar-refractivity contribution in [3.05, 3.63) is 23.8 Å². The Bertz CT molecular complexity index is 827. The molecular formula is C18H22N4O6S. The maximum absolute atomic E-state index is 12.0. The number of rotatable bonds is 10. The first-order valence-electron chi connectivity index (χ1n) is 8.72. The molecular weight excluding hydrogens is 400 g/mol. The molecule has 0 bridgehead atoms. The molecule has 1 atom stereocenters. The lowest BCUT2D eigenvalue weighted by Gasteiger charge is -2.07. The largest absolute Gasteiger partial charge is 0.493 e. The minimum absolute atomic E-state index is 0.0200. The second-order valence-electron chi connectivity index (χ2n) is 5.91. The fourth-order valence-corrected chi connectivity index (χ4v) is 3.30. The Labute approximate surface area is 171 Å². The fourth-order valence-electron chi connectivity index (χ4n) is 2.38. The van der Waals surface area contributed by atoms with Crippen LogP contribution in [0.1, 0.15) is 24.8 Å². The summed E-state index contributed by atoms with van der Waals surface area (Å²) in [6.07, 6.45) is 1.79. The lowest BCUT2D eigenvalue weighted by molar-refractivity contribution is -0.137. The number of amides is 2. The summed E-state index contributed by atoms with van der Waals surface area (Å²) in [6, 6.07) is 5.26. The van der Waals surface area contributed by atoms with E-state index in [4.69, 9.17) is 14.6 Å². The lowest BCUT2D eigenvalue weighted by Crippen LogP contribution is -2.31. The Balaban J connectivity index is 1.86. The van der Waals surface area contributed by atoms with Crippen LogP contribution >= 0.6 is 11.8 Å². The van der Waals surface area contributed by atoms with Crippen molar-refractivity contribution in [1.29, 1.82) is 0 Å². The third-order valence-corrected chi connectivity index (χ3v) is 4.87. The average molecular weight is 422 g/mol. The van der Waals surface area contributed by atoms with Crippen molar-refractivity contribution in [2.75, 3.05) is 20.8 Å². The van der Waals surface area contributed by atoms with E-state index in [0.29, 0.717) is 23.1 Å². The van der Waals surface area contributed by atoms with Gasteiger partial charge in [0.05, 0.1) is 20.4 Å². The van der Waals surface area contributed by atoms with Gasteiger partial charge in [-0.25, -0.2) is 0 Å². The van der Waals surface area contributed by atoms with E-state index in [1.165, 1.54) is 13.3 Å². The summed E-state index contributed by atoms with van der Waals surface area (Å²) in [5.41, 5.74) is 0.735. The maximum Gasteiger partial charge on any atom is 0.303 e. The second kappa shape index (κ2) is 11.1. The number of carbonyl (C=O) groups excluding carboxylic acids is 2. The van der Waals surface area contributed by atoms with E-state index in [1.54, 1.807) is 25.3 Å². The Hall–Kier alpha value is -3.08. The van der Waals surface area contributed by atoms with Gasteiger partial charge in [-0.15, -0.1) is 5.10 Å². The molecule has 0 saturated carbocycles. The van der Waals surface area contributed by atoms with E-state index in [-0.39, 0.29) is 31.2 Å². The van der Waals surface area contributed by atoms with Gasteiger partial charge in [0.15, 0.2) is 16.7 Å². The van der Waals surface area contributed by atoms with Gasteiger partial charge in [0.1, 0.15) is 5.25 Å². The first-order chi connectivity index (χ1) is 13.9. The van der Waals surface area contributed by atoms with Gasteiger partial charge in [-0.1, -0.05) is 11.8 Å². The van der Waals surface area contributed by atoms with Crippen LogP contribution in [0.2, 0.25) is 0 Å². The van der Waals surface area contributed by atoms with Gasteiger partial charge in [-0.05, 0) is 30.2 Å². The molecule has 1 aromatic rings. The molecule has 0 radical (unpaired) electrons. The first kappa shape index (κ1) is 22.2. The third-order valence-electron chi connectivity index (χ3n) is 3.80. The summed E-state index contributed by atoms with van der Waals surface area (Å²) in [6.45, 7) is 0.251. The number of carboxylic acid groups (broad SMARTS) is 1. The lowest BCUT2D eigenvalue weighted by atomic mass is 10.2. The molecule has 2 rings (SSSR count). The minimum atomic E-state index is -0.917. The van der Waals surface area contributed by atoms with Gasteiger partial charge in [0.25, 0.3) is 0 Å². The maximum atomic E-state index is 12.0. The molecule has 2 amide bonds. The van der Waals surface area contributed by atoms with E-state index in [2.05, 4.69) is 20.8 Å². The number of hydrogen-bond acceptors (Lipinski definition) is 8. The van der Waals surface area contributed by atoms with E-state index < -0.39 is 11.2 Å². The van der Waals surface area contributed by atoms with E-state index in [9.17, 15) is 14.4 Å². The quantitative estimate of drug-likeness (QED) is 0.290. The van der Waals surface area contributed by atoms with Gasteiger partial charge < -0.3 is 25.2 Å². The highest BCUT2D eigenvalue weighted by atomic mass is 32.2. The number of thioether (sulfide) groups is 1. The predicted octanol–water partition coefficient (Wildman–Crippen LogP) is 0.996. The highest BCUT2D eigenvalue weighted by Crippen LogP contribution is 2.27. The Morgan fingerprint density at radius 3 is 2.76 bits per heavy atom. The van der Waals surface area contributed by atoms with E-state index in [1.807, 2.05) is 0 Å². The summed E-state index contributed by atoms with van der Waals surface area (Å²) in [4.78, 5) is 34.3. The number of ether oxygens (including phenoxy) is 2. The third kappa shape index (κ3) is 7.11. The van der Waals surface area contributed by atoms with Crippen molar-refractivity contribution in [3.8, 4) is 11.5 Å². The van der Waals surface area contributed by atoms with Crippen molar-refractivity contribution >= 4 is 40.9 Å². The predicted molar refractivity (Wildman–Crippen MR) is 109 cm³/mol. The zero-order valence-electron chi connectivity index (χ0n) is 16.0. The summed E-state index contributed by atoms with van der Waals surface area (Å²) in [5.74, 6) is -0.408. The number of amidine groups is 1. The van der Waals surface area contributed by atoms with Crippen LogP contribution in [-0.2, 0) is 14.4 Å². The molecule has 1 aliphatic heterocycles. The molecule has 1 aliphatic rings. The zero-order valence-corrected chi connectivity index (χ0v) is 16.8. The molecule has 156 valence electrons. The van der Waals surface area contributed by atoms with Crippen LogP contribution in [0.3, 0.4) is 0 Å². The molecule has 1 aromatic carbocycles. The summed E-state index contributed by atoms with van der Waals surface area (Å²) in [7, 11) is 3.08. The SMILES string of the molecule is COc1ccc(C=N/N=C2\NC(=O)C(CC(=O)NCCCC(=O)O)S2)cc1OC. The molecule has 10 nitrogen and oxygen atoms in total. The van der Waals surface area contributed by atoms with Crippen molar-refractivity contribution in [3.63, 3.8) is 0 Å². The topological polar surface area (TPSA) is 139 Å². The van der Waals surface area contributed by atoms with Gasteiger partial charge in [-0.3, -0.25) is 14.4 Å². The van der Waals surface area contributed by atoms with Crippen molar-refractivity contribution in [2.24, 2.45) is 10.2 Å². The monoisotopic (exact) mass is 422 g/mol. The summed E-state index contributed by atoms with van der Waals surface area (Å²) in [5, 5.41) is 21.4. The first-order valence-corrected chi connectivity index (χ1v) is 9.60. The van der Waals surface area contributed by atoms with Gasteiger partial charge >= 0.3 is 5.97 Å². The molecule has 0 aromatic heterocycles. The Morgan fingerprint density at radius 2 is 2.07 bits per heavy atom. The van der Waals surface area contributed by atoms with Crippen molar-refractivity contribution in [1.82, 2.24) is 10.6 Å². The number of methoxy groups -OCH3 is 2. The van der Waals surface area contributed by atoms with Crippen LogP contribution in [0, 0.1) is 0 Å². The van der Waals surface area contributed by atoms with Gasteiger partial charge in [-0.2, -0.15) is 5.10 Å². The molecule has 0 aliphatic carbocycles. The second-order valence-corrected chi connectivity index (χ2v) is 7.10. The highest BCUT2D eigenvalue weighted by Gasteiger charge is 2.32. The van der Waals surface area contributed by atoms with Crippen molar-refractivity contribution in [2.45, 2.75) is 24.5 Å². The van der Waals surface area contributed by atoms with Crippen LogP contribution in [0.15, 0.2) is 28.4 Å². The number of aliphatic carboxylic acids is 1. The number of carboxylic acids is 1. The number of nitrogens with zero attached hydrogens (tertiary/aromatic N) is 2. The van der Waals surface area contributed by atoms with Gasteiger partial charge in [0, 0.05) is 19.4 Å². The molecule has 1 unspecified atom stereocenters. The van der Waals surface area contributed by atoms with Crippen LogP contribution < -0.4 is 20.1 Å². The number of hydrogen-bond donors (Lipinski definition) is 3. The average Bonchev–Trinajstić information content (AvgIpc) is 3.04. The number of nitrogens with one attached hydrogen (secondary N) is 2. The van der Waals surface area contributed by atoms with Crippen molar-refractivity contribution < 1.29 is 29.0 Å². The Morgan fingerprint density at radius 1 is 1.31 bits per heavy atom. The molecule has 11 heteroatoms. The highest BCUT2D eigenvalue weighted by molar-refractivity contribution is 8.15. The van der Waals surface area contributed by atoms with Gasteiger partial charge in [0.2, 0.25) is 11.8 Å². The van der Waals surface area contributed by atoms with Crippen LogP contribution in [0.25, 0.3) is 0 Å². The Kier molecular flexibility index (Phi) is 8.46. The molecule has 1 saturated heterocycles. The smallest absolute Gasteiger partial charge is 0.303 e. The molecule has 29 heavy (non-hydrogen) atoms. The molecule has 1 heterocycles.